The molecule has 0 spiro atoms. The number of ether oxygens (including phenoxy) is 2. The Balaban J connectivity index is 1.52. The molecule has 0 aliphatic carbocycles. The second-order valence-electron chi connectivity index (χ2n) is 9.76. The zero-order valence-corrected chi connectivity index (χ0v) is 24.9. The highest BCUT2D eigenvalue weighted by Gasteiger charge is 2.48. The number of halogens is 1. The lowest BCUT2D eigenvalue weighted by Crippen LogP contribution is -2.29. The minimum Gasteiger partial charge on any atom is -0.507 e. The summed E-state index contributed by atoms with van der Waals surface area (Å²) in [5, 5.41) is 12.0. The Hall–Kier alpha value is -4.73. The van der Waals surface area contributed by atoms with Gasteiger partial charge in [0.25, 0.3) is 5.78 Å². The maximum Gasteiger partial charge on any atom is 0.350 e. The summed E-state index contributed by atoms with van der Waals surface area (Å²) in [6.45, 7) is 7.54. The van der Waals surface area contributed by atoms with E-state index in [-0.39, 0.29) is 27.9 Å². The van der Waals surface area contributed by atoms with Crippen molar-refractivity contribution >= 4 is 51.5 Å². The van der Waals surface area contributed by atoms with Crippen LogP contribution in [0.4, 0.5) is 5.13 Å². The van der Waals surface area contributed by atoms with Crippen LogP contribution in [0.1, 0.15) is 43.7 Å². The molecule has 1 aliphatic rings. The summed E-state index contributed by atoms with van der Waals surface area (Å²) in [4.78, 5) is 45.4. The monoisotopic (exact) mass is 614 g/mol. The Labute approximate surface area is 257 Å². The van der Waals surface area contributed by atoms with Gasteiger partial charge in [0.1, 0.15) is 29.6 Å². The average molecular weight is 615 g/mol. The number of aryl methyl sites for hydroxylation is 2. The summed E-state index contributed by atoms with van der Waals surface area (Å²) in [7, 11) is 0. The average Bonchev–Trinajstić information content (AvgIpc) is 3.52. The fourth-order valence-corrected chi connectivity index (χ4v) is 5.78. The molecule has 218 valence electrons. The largest absolute Gasteiger partial charge is 0.507 e. The number of benzene rings is 3. The normalized spacial score (nSPS) is 15.9. The third-order valence-corrected chi connectivity index (χ3v) is 8.31. The van der Waals surface area contributed by atoms with Gasteiger partial charge in [0.2, 0.25) is 0 Å². The minimum atomic E-state index is -1.03. The first-order chi connectivity index (χ1) is 20.7. The first-order valence-electron chi connectivity index (χ1n) is 13.3. The first-order valence-corrected chi connectivity index (χ1v) is 14.5. The smallest absolute Gasteiger partial charge is 0.350 e. The van der Waals surface area contributed by atoms with E-state index in [4.69, 9.17) is 21.1 Å². The molecule has 3 aromatic carbocycles. The van der Waals surface area contributed by atoms with Crippen LogP contribution in [0.15, 0.2) is 91.0 Å². The van der Waals surface area contributed by atoms with Gasteiger partial charge in [0.05, 0.1) is 17.3 Å². The zero-order chi connectivity index (χ0) is 30.7. The van der Waals surface area contributed by atoms with E-state index in [0.29, 0.717) is 34.2 Å². The van der Waals surface area contributed by atoms with Gasteiger partial charge in [-0.25, -0.2) is 9.78 Å². The van der Waals surface area contributed by atoms with E-state index in [1.807, 2.05) is 31.2 Å². The predicted octanol–water partition coefficient (Wildman–Crippen LogP) is 6.96. The molecule has 1 saturated heterocycles. The van der Waals surface area contributed by atoms with Crippen molar-refractivity contribution in [3.63, 3.8) is 0 Å². The Morgan fingerprint density at radius 1 is 1.07 bits per heavy atom. The molecule has 10 heteroatoms. The maximum absolute atomic E-state index is 13.5. The van der Waals surface area contributed by atoms with Crippen molar-refractivity contribution in [3.05, 3.63) is 129 Å². The lowest BCUT2D eigenvalue weighted by Gasteiger charge is -2.23. The molecular formula is C33H27ClN2O6S. The minimum absolute atomic E-state index is 0.0104. The first kappa shape index (κ1) is 29.8. The van der Waals surface area contributed by atoms with Gasteiger partial charge in [-0.15, -0.1) is 0 Å². The van der Waals surface area contributed by atoms with Gasteiger partial charge in [-0.05, 0) is 66.9 Å². The predicted molar refractivity (Wildman–Crippen MR) is 166 cm³/mol. The summed E-state index contributed by atoms with van der Waals surface area (Å²) in [6.07, 6.45) is 1.44. The number of anilines is 1. The summed E-state index contributed by atoms with van der Waals surface area (Å²) < 4.78 is 11.1. The number of amides is 1. The number of esters is 1. The topological polar surface area (TPSA) is 106 Å². The lowest BCUT2D eigenvalue weighted by atomic mass is 9.95. The van der Waals surface area contributed by atoms with Crippen LogP contribution in [0.5, 0.6) is 5.75 Å². The molecule has 1 N–H and O–H groups in total. The van der Waals surface area contributed by atoms with Gasteiger partial charge in [0.15, 0.2) is 5.13 Å². The Bertz CT molecular complexity index is 1740. The van der Waals surface area contributed by atoms with E-state index in [1.54, 1.807) is 55.5 Å². The Morgan fingerprint density at radius 2 is 1.77 bits per heavy atom. The number of aromatic nitrogens is 1. The molecule has 43 heavy (non-hydrogen) atoms. The number of aliphatic hydroxyl groups excluding tert-OH is 1. The van der Waals surface area contributed by atoms with Gasteiger partial charge in [0, 0.05) is 10.6 Å². The molecule has 1 aliphatic heterocycles. The number of thiazole rings is 1. The number of rotatable bonds is 9. The number of carbonyl (C=O) groups excluding carboxylic acids is 3. The van der Waals surface area contributed by atoms with E-state index in [2.05, 4.69) is 11.6 Å². The molecule has 5 rings (SSSR count). The van der Waals surface area contributed by atoms with Gasteiger partial charge in [-0.1, -0.05) is 72.0 Å². The van der Waals surface area contributed by atoms with Gasteiger partial charge < -0.3 is 14.6 Å². The van der Waals surface area contributed by atoms with Crippen molar-refractivity contribution in [2.75, 3.05) is 11.5 Å². The molecule has 1 atom stereocenters. The summed E-state index contributed by atoms with van der Waals surface area (Å²) in [5.74, 6) is -2.18. The highest BCUT2D eigenvalue weighted by Crippen LogP contribution is 2.44. The van der Waals surface area contributed by atoms with Crippen LogP contribution in [0.25, 0.3) is 5.76 Å². The molecule has 8 nitrogen and oxygen atoms in total. The number of nitrogens with zero attached hydrogens (tertiary/aromatic N) is 2. The van der Waals surface area contributed by atoms with Crippen molar-refractivity contribution < 1.29 is 29.0 Å². The number of Topliss-reactive ketones (excluding diaryl/α,β-unsaturated/α-hetero) is 1. The quantitative estimate of drug-likeness (QED) is 0.0714. The van der Waals surface area contributed by atoms with Crippen LogP contribution in [-0.4, -0.2) is 34.4 Å². The van der Waals surface area contributed by atoms with Crippen molar-refractivity contribution in [2.45, 2.75) is 26.5 Å². The van der Waals surface area contributed by atoms with Crippen LogP contribution >= 0.6 is 22.9 Å². The molecule has 1 fully saturated rings. The van der Waals surface area contributed by atoms with Crippen molar-refractivity contribution in [2.24, 2.45) is 0 Å². The Kier molecular flexibility index (Phi) is 8.75. The summed E-state index contributed by atoms with van der Waals surface area (Å²) in [5.41, 5.74) is 3.22. The van der Waals surface area contributed by atoms with Gasteiger partial charge in [-0.2, -0.15) is 0 Å². The van der Waals surface area contributed by atoms with Crippen molar-refractivity contribution in [1.82, 2.24) is 4.98 Å². The van der Waals surface area contributed by atoms with Gasteiger partial charge in [-0.3, -0.25) is 14.5 Å². The second-order valence-corrected chi connectivity index (χ2v) is 11.2. The second kappa shape index (κ2) is 12.6. The Morgan fingerprint density at radius 3 is 2.44 bits per heavy atom. The van der Waals surface area contributed by atoms with E-state index < -0.39 is 23.7 Å². The van der Waals surface area contributed by atoms with Gasteiger partial charge >= 0.3 is 11.9 Å². The third kappa shape index (κ3) is 6.09. The highest BCUT2D eigenvalue weighted by molar-refractivity contribution is 7.17. The van der Waals surface area contributed by atoms with E-state index in [9.17, 15) is 19.5 Å². The molecule has 1 unspecified atom stereocenters. The lowest BCUT2D eigenvalue weighted by molar-refractivity contribution is -0.132. The number of carbonyl (C=O) groups is 3. The number of hydrogen-bond donors (Lipinski definition) is 1. The fraction of sp³-hybridized carbons (Fsp3) is 0.152. The van der Waals surface area contributed by atoms with Crippen molar-refractivity contribution in [1.29, 1.82) is 0 Å². The number of aliphatic hydroxyl groups is 1. The molecule has 0 radical (unpaired) electrons. The van der Waals surface area contributed by atoms with Crippen LogP contribution < -0.4 is 9.64 Å². The third-order valence-electron chi connectivity index (χ3n) is 6.92. The zero-order valence-electron chi connectivity index (χ0n) is 23.4. The molecule has 1 amide bonds. The fourth-order valence-electron chi connectivity index (χ4n) is 4.66. The summed E-state index contributed by atoms with van der Waals surface area (Å²) >= 11 is 7.05. The van der Waals surface area contributed by atoms with Crippen LogP contribution in [0, 0.1) is 13.8 Å². The van der Waals surface area contributed by atoms with E-state index in [0.717, 1.165) is 22.5 Å². The van der Waals surface area contributed by atoms with Crippen LogP contribution in [0.3, 0.4) is 0 Å². The maximum atomic E-state index is 13.5. The SMILES string of the molecule is C=CCOC(=O)c1sc(N2C(=O)C(=O)C(=C(O)c3ccc(OCc4ccccc4C)cc3)C2c2ccc(Cl)cc2)nc1C. The van der Waals surface area contributed by atoms with E-state index in [1.165, 1.54) is 11.0 Å². The van der Waals surface area contributed by atoms with Crippen molar-refractivity contribution in [3.8, 4) is 5.75 Å². The standard InChI is InChI=1S/C33H27ClN2O6S/c1-4-17-41-32(40)30-20(3)35-33(43-30)36-27(21-9-13-24(34)14-10-21)26(29(38)31(36)39)28(37)22-11-15-25(16-12-22)42-18-23-8-6-5-7-19(23)2/h4-16,27,37H,1,17-18H2,2-3H3. The molecule has 2 heterocycles. The molecule has 0 saturated carbocycles. The summed E-state index contributed by atoms with van der Waals surface area (Å²) in [6, 6.07) is 20.1. The van der Waals surface area contributed by atoms with E-state index >= 15 is 0 Å². The molecular weight excluding hydrogens is 588 g/mol. The number of ketones is 1. The van der Waals surface area contributed by atoms with Crippen LogP contribution in [0.2, 0.25) is 5.02 Å². The molecule has 1 aromatic heterocycles. The highest BCUT2D eigenvalue weighted by atomic mass is 35.5. The molecule has 4 aromatic rings. The number of hydrogen-bond acceptors (Lipinski definition) is 8. The van der Waals surface area contributed by atoms with Crippen LogP contribution in [-0.2, 0) is 20.9 Å². The molecule has 0 bridgehead atoms.